The van der Waals surface area contributed by atoms with Gasteiger partial charge >= 0.3 is 0 Å². The first-order valence-electron chi connectivity index (χ1n) is 8.89. The largest absolute Gasteiger partial charge is 0.496 e. The number of para-hydroxylation sites is 1. The van der Waals surface area contributed by atoms with Crippen molar-refractivity contribution in [2.75, 3.05) is 23.4 Å². The van der Waals surface area contributed by atoms with Crippen LogP contribution in [0.5, 0.6) is 5.75 Å². The molecule has 3 N–H and O–H groups in total. The third-order valence-corrected chi connectivity index (χ3v) is 4.98. The molecule has 0 aliphatic rings. The van der Waals surface area contributed by atoms with Gasteiger partial charge in [0.1, 0.15) is 11.6 Å². The predicted octanol–water partition coefficient (Wildman–Crippen LogP) is 4.35. The summed E-state index contributed by atoms with van der Waals surface area (Å²) in [7, 11) is -1.70. The van der Waals surface area contributed by atoms with Gasteiger partial charge in [0.05, 0.1) is 30.3 Å². The smallest absolute Gasteiger partial charge is 0.229 e. The Morgan fingerprint density at radius 3 is 2.59 bits per heavy atom. The Hall–Kier alpha value is -3.52. The van der Waals surface area contributed by atoms with Crippen molar-refractivity contribution < 1.29 is 13.2 Å². The number of aromatic amines is 1. The molecular formula is C21H20N4O3S. The second-order valence-electron chi connectivity index (χ2n) is 6.58. The molecule has 0 spiro atoms. The van der Waals surface area contributed by atoms with E-state index in [0.717, 1.165) is 39.9 Å². The number of hydrogen-bond acceptors (Lipinski definition) is 5. The fraction of sp³-hybridized carbons (Fsp3) is 0.0952. The molecule has 2 aromatic carbocycles. The molecule has 4 aromatic rings. The summed E-state index contributed by atoms with van der Waals surface area (Å²) in [6.07, 6.45) is 2.83. The molecule has 2 aromatic heterocycles. The fourth-order valence-corrected chi connectivity index (χ4v) is 3.73. The van der Waals surface area contributed by atoms with E-state index in [9.17, 15) is 8.42 Å². The molecule has 2 heterocycles. The molecule has 29 heavy (non-hydrogen) atoms. The Morgan fingerprint density at radius 1 is 1.00 bits per heavy atom. The number of aromatic nitrogens is 2. The van der Waals surface area contributed by atoms with Gasteiger partial charge in [-0.3, -0.25) is 4.72 Å². The average Bonchev–Trinajstić information content (AvgIpc) is 3.12. The van der Waals surface area contributed by atoms with Crippen LogP contribution < -0.4 is 14.8 Å². The van der Waals surface area contributed by atoms with E-state index in [1.165, 1.54) is 0 Å². The van der Waals surface area contributed by atoms with E-state index in [-0.39, 0.29) is 0 Å². The molecule has 7 nitrogen and oxygen atoms in total. The lowest BCUT2D eigenvalue weighted by Gasteiger charge is -2.09. The molecule has 0 amide bonds. The topological polar surface area (TPSA) is 96.1 Å². The molecule has 0 aliphatic carbocycles. The summed E-state index contributed by atoms with van der Waals surface area (Å²) in [5.41, 5.74) is 4.00. The van der Waals surface area contributed by atoms with Crippen LogP contribution in [0, 0.1) is 0 Å². The number of nitrogens with one attached hydrogen (secondary N) is 3. The van der Waals surface area contributed by atoms with Crippen LogP contribution in [0.3, 0.4) is 0 Å². The lowest BCUT2D eigenvalue weighted by atomic mass is 10.1. The van der Waals surface area contributed by atoms with E-state index in [0.29, 0.717) is 11.5 Å². The van der Waals surface area contributed by atoms with Gasteiger partial charge in [-0.05, 0) is 42.5 Å². The van der Waals surface area contributed by atoms with Gasteiger partial charge in [0, 0.05) is 22.8 Å². The number of pyridine rings is 1. The third-order valence-electron chi connectivity index (χ3n) is 4.37. The van der Waals surface area contributed by atoms with Gasteiger partial charge in [-0.1, -0.05) is 18.2 Å². The van der Waals surface area contributed by atoms with Crippen molar-refractivity contribution in [1.82, 2.24) is 9.97 Å². The van der Waals surface area contributed by atoms with E-state index in [1.807, 2.05) is 42.5 Å². The van der Waals surface area contributed by atoms with Crippen molar-refractivity contribution in [2.24, 2.45) is 0 Å². The minimum Gasteiger partial charge on any atom is -0.496 e. The predicted molar refractivity (Wildman–Crippen MR) is 116 cm³/mol. The van der Waals surface area contributed by atoms with E-state index in [2.05, 4.69) is 20.0 Å². The Bertz CT molecular complexity index is 1280. The first-order valence-corrected chi connectivity index (χ1v) is 10.8. The molecule has 0 atom stereocenters. The van der Waals surface area contributed by atoms with E-state index in [4.69, 9.17) is 4.74 Å². The van der Waals surface area contributed by atoms with Crippen LogP contribution in [0.4, 0.5) is 17.2 Å². The molecule has 0 saturated carbocycles. The number of benzene rings is 2. The average molecular weight is 408 g/mol. The van der Waals surface area contributed by atoms with Crippen molar-refractivity contribution in [1.29, 1.82) is 0 Å². The van der Waals surface area contributed by atoms with Crippen LogP contribution >= 0.6 is 0 Å². The summed E-state index contributed by atoms with van der Waals surface area (Å²) in [6, 6.07) is 18.7. The van der Waals surface area contributed by atoms with Crippen LogP contribution in [-0.4, -0.2) is 31.8 Å². The molecule has 0 aliphatic heterocycles. The summed E-state index contributed by atoms with van der Waals surface area (Å²) in [6.45, 7) is 0. The minimum absolute atomic E-state index is 0.480. The number of anilines is 3. The number of nitrogens with zero attached hydrogens (tertiary/aromatic N) is 1. The summed E-state index contributed by atoms with van der Waals surface area (Å²) in [5, 5.41) is 4.18. The highest BCUT2D eigenvalue weighted by Crippen LogP contribution is 2.34. The standard InChI is InChI=1S/C21H20N4O3S/c1-28-20-9-4-3-8-16(20)19-13-17-18(24-19)10-11-22-21(17)23-14-6-5-7-15(12-14)25-29(2,26)27/h3-13,24-25H,1-2H3,(H,22,23). The summed E-state index contributed by atoms with van der Waals surface area (Å²) in [5.74, 6) is 1.44. The van der Waals surface area contributed by atoms with Crippen LogP contribution in [0.2, 0.25) is 0 Å². The molecule has 0 radical (unpaired) electrons. The monoisotopic (exact) mass is 408 g/mol. The minimum atomic E-state index is -3.35. The maximum absolute atomic E-state index is 11.5. The number of methoxy groups -OCH3 is 1. The number of hydrogen-bond donors (Lipinski definition) is 3. The van der Waals surface area contributed by atoms with E-state index >= 15 is 0 Å². The van der Waals surface area contributed by atoms with Crippen LogP contribution in [0.25, 0.3) is 22.2 Å². The molecule has 8 heteroatoms. The highest BCUT2D eigenvalue weighted by atomic mass is 32.2. The molecule has 0 bridgehead atoms. The van der Waals surface area contributed by atoms with Gasteiger partial charge < -0.3 is 15.0 Å². The van der Waals surface area contributed by atoms with Gasteiger partial charge in [0.25, 0.3) is 0 Å². The van der Waals surface area contributed by atoms with Crippen molar-refractivity contribution >= 4 is 38.1 Å². The lowest BCUT2D eigenvalue weighted by molar-refractivity contribution is 0.416. The fourth-order valence-electron chi connectivity index (χ4n) is 3.18. The normalized spacial score (nSPS) is 11.4. The second kappa shape index (κ2) is 7.48. The maximum Gasteiger partial charge on any atom is 0.229 e. The van der Waals surface area contributed by atoms with Crippen molar-refractivity contribution in [3.05, 3.63) is 66.9 Å². The Morgan fingerprint density at radius 2 is 1.79 bits per heavy atom. The summed E-state index contributed by atoms with van der Waals surface area (Å²) in [4.78, 5) is 7.86. The van der Waals surface area contributed by atoms with E-state index < -0.39 is 10.0 Å². The van der Waals surface area contributed by atoms with Crippen molar-refractivity contribution in [3.63, 3.8) is 0 Å². The van der Waals surface area contributed by atoms with Gasteiger partial charge in [-0.2, -0.15) is 0 Å². The molecule has 0 saturated heterocycles. The zero-order valence-corrected chi connectivity index (χ0v) is 16.7. The quantitative estimate of drug-likeness (QED) is 0.441. The number of fused-ring (bicyclic) bond motifs is 1. The number of sulfonamides is 1. The molecule has 4 rings (SSSR count). The number of H-pyrrole nitrogens is 1. The van der Waals surface area contributed by atoms with Crippen molar-refractivity contribution in [3.8, 4) is 17.0 Å². The molecule has 148 valence electrons. The first kappa shape index (κ1) is 18.8. The number of ether oxygens (including phenoxy) is 1. The van der Waals surface area contributed by atoms with Gasteiger partial charge in [0.15, 0.2) is 0 Å². The maximum atomic E-state index is 11.5. The molecule has 0 unspecified atom stereocenters. The summed E-state index contributed by atoms with van der Waals surface area (Å²) < 4.78 is 30.9. The molecule has 0 fully saturated rings. The zero-order valence-electron chi connectivity index (χ0n) is 15.9. The zero-order chi connectivity index (χ0) is 20.4. The Kier molecular flexibility index (Phi) is 4.85. The molecular weight excluding hydrogens is 388 g/mol. The Labute approximate surface area is 168 Å². The van der Waals surface area contributed by atoms with Gasteiger partial charge in [-0.15, -0.1) is 0 Å². The lowest BCUT2D eigenvalue weighted by Crippen LogP contribution is -2.09. The Balaban J connectivity index is 1.71. The number of rotatable bonds is 6. The van der Waals surface area contributed by atoms with Crippen molar-refractivity contribution in [2.45, 2.75) is 0 Å². The third kappa shape index (κ3) is 4.17. The van der Waals surface area contributed by atoms with Gasteiger partial charge in [-0.25, -0.2) is 13.4 Å². The second-order valence-corrected chi connectivity index (χ2v) is 8.33. The van der Waals surface area contributed by atoms with Gasteiger partial charge in [0.2, 0.25) is 10.0 Å². The highest BCUT2D eigenvalue weighted by Gasteiger charge is 2.12. The SMILES string of the molecule is COc1ccccc1-c1cc2c(Nc3cccc(NS(C)(=O)=O)c3)nccc2[nH]1. The van der Waals surface area contributed by atoms with Crippen LogP contribution in [-0.2, 0) is 10.0 Å². The van der Waals surface area contributed by atoms with Crippen LogP contribution in [0.15, 0.2) is 66.9 Å². The van der Waals surface area contributed by atoms with Crippen LogP contribution in [0.1, 0.15) is 0 Å². The first-order chi connectivity index (χ1) is 13.9. The highest BCUT2D eigenvalue weighted by molar-refractivity contribution is 7.92. The summed E-state index contributed by atoms with van der Waals surface area (Å²) >= 11 is 0. The van der Waals surface area contributed by atoms with E-state index in [1.54, 1.807) is 31.5 Å².